The molecule has 1 aromatic heterocycles. The Hall–Kier alpha value is -2.92. The maximum atomic E-state index is 12.5. The summed E-state index contributed by atoms with van der Waals surface area (Å²) in [6.45, 7) is 3.93. The predicted octanol–water partition coefficient (Wildman–Crippen LogP) is 4.31. The third-order valence-corrected chi connectivity index (χ3v) is 4.42. The van der Waals surface area contributed by atoms with E-state index >= 15 is 0 Å². The molecule has 0 spiro atoms. The molecule has 1 N–H and O–H groups in total. The average Bonchev–Trinajstić information content (AvgIpc) is 2.71. The van der Waals surface area contributed by atoms with Gasteiger partial charge in [-0.05, 0) is 50.1 Å². The van der Waals surface area contributed by atoms with Gasteiger partial charge in [-0.25, -0.2) is 9.97 Å². The maximum Gasteiger partial charge on any atom is 0.263 e. The van der Waals surface area contributed by atoms with Crippen LogP contribution in [0.4, 0.5) is 0 Å². The number of rotatable bonds is 7. The lowest BCUT2D eigenvalue weighted by Crippen LogP contribution is -2.47. The number of nitrogens with one attached hydrogen (secondary N) is 1. The lowest BCUT2D eigenvalue weighted by Gasteiger charge is -2.25. The normalized spacial score (nSPS) is 11.1. The molecule has 144 valence electrons. The SMILES string of the molecule is CC(C)(Oc1ccc(Cl)cc1)C(=O)NCCc1cnc(-c2ccccc2)nc1. The molecule has 0 fully saturated rings. The molecule has 0 saturated carbocycles. The zero-order chi connectivity index (χ0) is 20.0. The van der Waals surface area contributed by atoms with Crippen molar-refractivity contribution in [1.82, 2.24) is 15.3 Å². The van der Waals surface area contributed by atoms with E-state index in [1.807, 2.05) is 30.3 Å². The van der Waals surface area contributed by atoms with Gasteiger partial charge in [0.25, 0.3) is 5.91 Å². The van der Waals surface area contributed by atoms with E-state index in [0.717, 1.165) is 11.1 Å². The molecule has 0 saturated heterocycles. The van der Waals surface area contributed by atoms with Gasteiger partial charge in [0.15, 0.2) is 11.4 Å². The summed E-state index contributed by atoms with van der Waals surface area (Å²) >= 11 is 5.87. The number of nitrogens with zero attached hydrogens (tertiary/aromatic N) is 2. The molecular weight excluding hydrogens is 374 g/mol. The number of hydrogen-bond acceptors (Lipinski definition) is 4. The second kappa shape index (κ2) is 8.85. The Balaban J connectivity index is 1.51. The second-order valence-corrected chi connectivity index (χ2v) is 7.29. The van der Waals surface area contributed by atoms with E-state index in [-0.39, 0.29) is 5.91 Å². The Kier molecular flexibility index (Phi) is 6.26. The molecule has 0 aliphatic heterocycles. The Labute approximate surface area is 169 Å². The molecule has 0 atom stereocenters. The van der Waals surface area contributed by atoms with Gasteiger partial charge in [-0.2, -0.15) is 0 Å². The number of halogens is 1. The van der Waals surface area contributed by atoms with E-state index in [2.05, 4.69) is 15.3 Å². The van der Waals surface area contributed by atoms with E-state index in [9.17, 15) is 4.79 Å². The van der Waals surface area contributed by atoms with Crippen LogP contribution in [0.2, 0.25) is 5.02 Å². The summed E-state index contributed by atoms with van der Waals surface area (Å²) in [5.74, 6) is 1.09. The molecule has 1 amide bonds. The Bertz CT molecular complexity index is 911. The fraction of sp³-hybridized carbons (Fsp3) is 0.227. The zero-order valence-electron chi connectivity index (χ0n) is 15.9. The summed E-state index contributed by atoms with van der Waals surface area (Å²) in [4.78, 5) is 21.3. The summed E-state index contributed by atoms with van der Waals surface area (Å²) in [6, 6.07) is 16.7. The van der Waals surface area contributed by atoms with Crippen molar-refractivity contribution in [2.45, 2.75) is 25.9 Å². The Morgan fingerprint density at radius 3 is 2.32 bits per heavy atom. The molecule has 6 heteroatoms. The highest BCUT2D eigenvalue weighted by molar-refractivity contribution is 6.30. The van der Waals surface area contributed by atoms with Crippen molar-refractivity contribution in [1.29, 1.82) is 0 Å². The summed E-state index contributed by atoms with van der Waals surface area (Å²) in [7, 11) is 0. The van der Waals surface area contributed by atoms with E-state index in [1.54, 1.807) is 50.5 Å². The fourth-order valence-electron chi connectivity index (χ4n) is 2.60. The van der Waals surface area contributed by atoms with Crippen LogP contribution in [0.3, 0.4) is 0 Å². The molecule has 0 unspecified atom stereocenters. The summed E-state index contributed by atoms with van der Waals surface area (Å²) in [6.07, 6.45) is 4.21. The fourth-order valence-corrected chi connectivity index (χ4v) is 2.72. The van der Waals surface area contributed by atoms with Gasteiger partial charge in [-0.1, -0.05) is 41.9 Å². The van der Waals surface area contributed by atoms with Gasteiger partial charge in [0.2, 0.25) is 0 Å². The third kappa shape index (κ3) is 5.30. The number of carbonyl (C=O) groups excluding carboxylic acids is 1. The summed E-state index contributed by atoms with van der Waals surface area (Å²) in [5, 5.41) is 3.52. The van der Waals surface area contributed by atoms with Crippen LogP contribution in [0.25, 0.3) is 11.4 Å². The summed E-state index contributed by atoms with van der Waals surface area (Å²) in [5.41, 5.74) is 0.932. The van der Waals surface area contributed by atoms with Crippen molar-refractivity contribution in [3.05, 3.63) is 77.6 Å². The number of ether oxygens (including phenoxy) is 1. The first-order chi connectivity index (χ1) is 13.4. The van der Waals surface area contributed by atoms with E-state index in [0.29, 0.717) is 29.6 Å². The van der Waals surface area contributed by atoms with Gasteiger partial charge in [0.05, 0.1) is 0 Å². The molecule has 5 nitrogen and oxygen atoms in total. The van der Waals surface area contributed by atoms with Gasteiger partial charge >= 0.3 is 0 Å². The minimum Gasteiger partial charge on any atom is -0.478 e. The van der Waals surface area contributed by atoms with Crippen LogP contribution in [-0.2, 0) is 11.2 Å². The van der Waals surface area contributed by atoms with Crippen molar-refractivity contribution in [3.8, 4) is 17.1 Å². The van der Waals surface area contributed by atoms with Gasteiger partial charge < -0.3 is 10.1 Å². The number of carbonyl (C=O) groups is 1. The Morgan fingerprint density at radius 2 is 1.68 bits per heavy atom. The predicted molar refractivity (Wildman–Crippen MR) is 110 cm³/mol. The number of amides is 1. The molecule has 0 aliphatic rings. The molecule has 3 rings (SSSR count). The molecular formula is C22H22ClN3O2. The molecule has 3 aromatic rings. The molecule has 0 bridgehead atoms. The lowest BCUT2D eigenvalue weighted by atomic mass is 10.1. The van der Waals surface area contributed by atoms with Crippen molar-refractivity contribution in [2.24, 2.45) is 0 Å². The number of benzene rings is 2. The standard InChI is InChI=1S/C22H22ClN3O2/c1-22(2,28-19-10-8-18(23)9-11-19)21(27)24-13-12-16-14-25-20(26-15-16)17-6-4-3-5-7-17/h3-11,14-15H,12-13H2,1-2H3,(H,24,27). The van der Waals surface area contributed by atoms with Crippen molar-refractivity contribution in [3.63, 3.8) is 0 Å². The molecule has 0 radical (unpaired) electrons. The van der Waals surface area contributed by atoms with Crippen LogP contribution in [0.15, 0.2) is 67.0 Å². The van der Waals surface area contributed by atoms with Gasteiger partial charge in [0, 0.05) is 29.5 Å². The second-order valence-electron chi connectivity index (χ2n) is 6.85. The van der Waals surface area contributed by atoms with Crippen LogP contribution in [0.5, 0.6) is 5.75 Å². The zero-order valence-corrected chi connectivity index (χ0v) is 16.6. The average molecular weight is 396 g/mol. The highest BCUT2D eigenvalue weighted by Crippen LogP contribution is 2.21. The smallest absolute Gasteiger partial charge is 0.263 e. The summed E-state index contributed by atoms with van der Waals surface area (Å²) < 4.78 is 5.79. The minimum atomic E-state index is -0.999. The highest BCUT2D eigenvalue weighted by atomic mass is 35.5. The van der Waals surface area contributed by atoms with Crippen LogP contribution >= 0.6 is 11.6 Å². The minimum absolute atomic E-state index is 0.190. The molecule has 2 aromatic carbocycles. The van der Waals surface area contributed by atoms with E-state index in [4.69, 9.17) is 16.3 Å². The van der Waals surface area contributed by atoms with E-state index in [1.165, 1.54) is 0 Å². The topological polar surface area (TPSA) is 64.1 Å². The Morgan fingerprint density at radius 1 is 1.04 bits per heavy atom. The number of aromatic nitrogens is 2. The quantitative estimate of drug-likeness (QED) is 0.647. The molecule has 1 heterocycles. The molecule has 28 heavy (non-hydrogen) atoms. The van der Waals surface area contributed by atoms with Crippen molar-refractivity contribution < 1.29 is 9.53 Å². The first kappa shape index (κ1) is 19.8. The lowest BCUT2D eigenvalue weighted by molar-refractivity contribution is -0.134. The van der Waals surface area contributed by atoms with Crippen LogP contribution in [-0.4, -0.2) is 28.0 Å². The van der Waals surface area contributed by atoms with Crippen LogP contribution < -0.4 is 10.1 Å². The van der Waals surface area contributed by atoms with Crippen LogP contribution in [0, 0.1) is 0 Å². The number of hydrogen-bond donors (Lipinski definition) is 1. The largest absolute Gasteiger partial charge is 0.478 e. The van der Waals surface area contributed by atoms with Gasteiger partial charge in [0.1, 0.15) is 5.75 Å². The highest BCUT2D eigenvalue weighted by Gasteiger charge is 2.29. The monoisotopic (exact) mass is 395 g/mol. The first-order valence-corrected chi connectivity index (χ1v) is 9.41. The van der Waals surface area contributed by atoms with Crippen molar-refractivity contribution >= 4 is 17.5 Å². The van der Waals surface area contributed by atoms with Gasteiger partial charge in [-0.3, -0.25) is 4.79 Å². The maximum absolute atomic E-state index is 12.5. The van der Waals surface area contributed by atoms with Crippen molar-refractivity contribution in [2.75, 3.05) is 6.54 Å². The van der Waals surface area contributed by atoms with E-state index < -0.39 is 5.60 Å². The third-order valence-electron chi connectivity index (χ3n) is 4.17. The molecule has 0 aliphatic carbocycles. The van der Waals surface area contributed by atoms with Crippen LogP contribution in [0.1, 0.15) is 19.4 Å². The first-order valence-electron chi connectivity index (χ1n) is 9.03. The van der Waals surface area contributed by atoms with Gasteiger partial charge in [-0.15, -0.1) is 0 Å².